The molecule has 0 bridgehead atoms. The zero-order valence-corrected chi connectivity index (χ0v) is 19.2. The van der Waals surface area contributed by atoms with Crippen molar-refractivity contribution in [1.29, 1.82) is 5.26 Å². The van der Waals surface area contributed by atoms with E-state index >= 15 is 0 Å². The number of aromatic nitrogens is 1. The minimum Gasteiger partial charge on any atom is -0.487 e. The second-order valence-electron chi connectivity index (χ2n) is 7.30. The summed E-state index contributed by atoms with van der Waals surface area (Å²) in [5.74, 6) is 0.156. The minimum absolute atomic E-state index is 0.264. The second-order valence-corrected chi connectivity index (χ2v) is 8.02. The molecule has 1 aromatic heterocycles. The Morgan fingerprint density at radius 1 is 0.857 bits per heavy atom. The molecule has 9 heteroatoms. The minimum atomic E-state index is -0.502. The van der Waals surface area contributed by atoms with E-state index in [0.717, 1.165) is 16.8 Å². The quantitative estimate of drug-likeness (QED) is 0.364. The van der Waals surface area contributed by atoms with Crippen LogP contribution in [0.15, 0.2) is 83.7 Å². The van der Waals surface area contributed by atoms with E-state index in [2.05, 4.69) is 21.9 Å². The van der Waals surface area contributed by atoms with Crippen LogP contribution in [0.3, 0.4) is 0 Å². The van der Waals surface area contributed by atoms with E-state index in [1.165, 1.54) is 11.3 Å². The first-order valence-electron chi connectivity index (χ1n) is 10.5. The van der Waals surface area contributed by atoms with E-state index in [0.29, 0.717) is 29.2 Å². The molecule has 4 rings (SSSR count). The number of carbonyl (C=O) groups excluding carboxylic acids is 2. The van der Waals surface area contributed by atoms with Gasteiger partial charge in [-0.1, -0.05) is 24.3 Å². The Kier molecular flexibility index (Phi) is 7.68. The summed E-state index contributed by atoms with van der Waals surface area (Å²) in [5.41, 5.74) is 10.1. The summed E-state index contributed by atoms with van der Waals surface area (Å²) < 4.78 is 11.1. The number of carbonyl (C=O) groups is 2. The maximum Gasteiger partial charge on any atom is 0.276 e. The summed E-state index contributed by atoms with van der Waals surface area (Å²) in [4.78, 5) is 28.5. The van der Waals surface area contributed by atoms with Crippen molar-refractivity contribution in [3.05, 3.63) is 101 Å². The molecule has 2 N–H and O–H groups in total. The molecule has 4 aromatic rings. The Bertz CT molecular complexity index is 1310. The van der Waals surface area contributed by atoms with Gasteiger partial charge in [-0.2, -0.15) is 5.26 Å². The standard InChI is InChI=1S/C26H20N4O4S/c27-13-18-1-3-19(4-2-18)20-5-9-24(10-6-20)34-15-25(31)29-30-26(32)21-7-11-23(12-8-21)33-14-22-16-35-17-28-22/h1-12,16-17H,14-15H2,(H,29,31)(H,30,32). The van der Waals surface area contributed by atoms with Gasteiger partial charge < -0.3 is 9.47 Å². The van der Waals surface area contributed by atoms with Crippen molar-refractivity contribution >= 4 is 23.2 Å². The number of ether oxygens (including phenoxy) is 2. The van der Waals surface area contributed by atoms with Crippen molar-refractivity contribution in [2.45, 2.75) is 6.61 Å². The van der Waals surface area contributed by atoms with E-state index in [1.54, 1.807) is 54.0 Å². The van der Waals surface area contributed by atoms with Gasteiger partial charge in [-0.05, 0) is 59.7 Å². The summed E-state index contributed by atoms with van der Waals surface area (Å²) in [7, 11) is 0. The Balaban J connectivity index is 1.20. The highest BCUT2D eigenvalue weighted by atomic mass is 32.1. The molecular weight excluding hydrogens is 464 g/mol. The number of nitriles is 1. The Hall–Kier alpha value is -4.68. The molecule has 35 heavy (non-hydrogen) atoms. The van der Waals surface area contributed by atoms with Crippen molar-refractivity contribution in [2.75, 3.05) is 6.61 Å². The maximum atomic E-state index is 12.3. The average molecular weight is 485 g/mol. The predicted octanol–water partition coefficient (Wildman–Crippen LogP) is 4.10. The number of amides is 2. The third kappa shape index (κ3) is 6.66. The average Bonchev–Trinajstić information content (AvgIpc) is 3.44. The van der Waals surface area contributed by atoms with Gasteiger partial charge in [0.25, 0.3) is 11.8 Å². The molecule has 0 unspecified atom stereocenters. The lowest BCUT2D eigenvalue weighted by Crippen LogP contribution is -2.43. The van der Waals surface area contributed by atoms with Crippen LogP contribution >= 0.6 is 11.3 Å². The van der Waals surface area contributed by atoms with Gasteiger partial charge >= 0.3 is 0 Å². The maximum absolute atomic E-state index is 12.3. The number of hydrazine groups is 1. The first kappa shape index (κ1) is 23.5. The van der Waals surface area contributed by atoms with Gasteiger partial charge in [-0.15, -0.1) is 11.3 Å². The fraction of sp³-hybridized carbons (Fsp3) is 0.0769. The third-order valence-corrected chi connectivity index (χ3v) is 5.51. The molecule has 3 aromatic carbocycles. The van der Waals surface area contributed by atoms with Gasteiger partial charge in [0.2, 0.25) is 0 Å². The summed E-state index contributed by atoms with van der Waals surface area (Å²) in [6, 6.07) is 23.1. The van der Waals surface area contributed by atoms with Crippen LogP contribution < -0.4 is 20.3 Å². The summed E-state index contributed by atoms with van der Waals surface area (Å²) in [5, 5.41) is 10.8. The van der Waals surface area contributed by atoms with E-state index in [-0.39, 0.29) is 6.61 Å². The molecule has 0 aliphatic heterocycles. The van der Waals surface area contributed by atoms with Crippen LogP contribution in [-0.4, -0.2) is 23.4 Å². The van der Waals surface area contributed by atoms with E-state index in [9.17, 15) is 9.59 Å². The number of rotatable bonds is 8. The van der Waals surface area contributed by atoms with Crippen LogP contribution in [0, 0.1) is 11.3 Å². The highest BCUT2D eigenvalue weighted by molar-refractivity contribution is 7.07. The van der Waals surface area contributed by atoms with Crippen LogP contribution in [0.4, 0.5) is 0 Å². The van der Waals surface area contributed by atoms with Crippen LogP contribution in [0.25, 0.3) is 11.1 Å². The molecule has 2 amide bonds. The fourth-order valence-electron chi connectivity index (χ4n) is 3.03. The SMILES string of the molecule is N#Cc1ccc(-c2ccc(OCC(=O)NNC(=O)c3ccc(OCc4cscn4)cc3)cc2)cc1. The second kappa shape index (κ2) is 11.4. The molecule has 0 atom stereocenters. The van der Waals surface area contributed by atoms with Crippen molar-refractivity contribution in [1.82, 2.24) is 15.8 Å². The molecule has 0 saturated carbocycles. The Labute approximate surface area is 205 Å². The molecule has 0 aliphatic rings. The number of hydrogen-bond donors (Lipinski definition) is 2. The Morgan fingerprint density at radius 2 is 1.49 bits per heavy atom. The summed E-state index contributed by atoms with van der Waals surface area (Å²) >= 11 is 1.50. The van der Waals surface area contributed by atoms with Crippen molar-refractivity contribution < 1.29 is 19.1 Å². The molecule has 0 saturated heterocycles. The highest BCUT2D eigenvalue weighted by Gasteiger charge is 2.09. The van der Waals surface area contributed by atoms with E-state index in [4.69, 9.17) is 14.7 Å². The molecule has 0 radical (unpaired) electrons. The van der Waals surface area contributed by atoms with Crippen molar-refractivity contribution in [2.24, 2.45) is 0 Å². The Morgan fingerprint density at radius 3 is 2.11 bits per heavy atom. The first-order chi connectivity index (χ1) is 17.1. The van der Waals surface area contributed by atoms with Gasteiger partial charge in [-0.3, -0.25) is 20.4 Å². The van der Waals surface area contributed by atoms with Gasteiger partial charge in [0.05, 0.1) is 22.8 Å². The topological polar surface area (TPSA) is 113 Å². The molecular formula is C26H20N4O4S. The largest absolute Gasteiger partial charge is 0.487 e. The van der Waals surface area contributed by atoms with Gasteiger partial charge in [0.1, 0.15) is 18.1 Å². The number of nitrogens with zero attached hydrogens (tertiary/aromatic N) is 2. The van der Waals surface area contributed by atoms with Crippen LogP contribution in [0.5, 0.6) is 11.5 Å². The zero-order chi connectivity index (χ0) is 24.5. The molecule has 0 spiro atoms. The fourth-order valence-corrected chi connectivity index (χ4v) is 3.58. The normalized spacial score (nSPS) is 10.1. The van der Waals surface area contributed by atoms with Gasteiger partial charge in [0, 0.05) is 10.9 Å². The lowest BCUT2D eigenvalue weighted by atomic mass is 10.0. The summed E-state index contributed by atoms with van der Waals surface area (Å²) in [6.45, 7) is 0.0865. The molecule has 0 aliphatic carbocycles. The highest BCUT2D eigenvalue weighted by Crippen LogP contribution is 2.22. The number of benzene rings is 3. The zero-order valence-electron chi connectivity index (χ0n) is 18.4. The van der Waals surface area contributed by atoms with Crippen LogP contribution in [-0.2, 0) is 11.4 Å². The van der Waals surface area contributed by atoms with Crippen molar-refractivity contribution in [3.63, 3.8) is 0 Å². The number of hydrogen-bond acceptors (Lipinski definition) is 7. The van der Waals surface area contributed by atoms with E-state index < -0.39 is 11.8 Å². The summed E-state index contributed by atoms with van der Waals surface area (Å²) in [6.07, 6.45) is 0. The predicted molar refractivity (Wildman–Crippen MR) is 131 cm³/mol. The van der Waals surface area contributed by atoms with Crippen molar-refractivity contribution in [3.8, 4) is 28.7 Å². The van der Waals surface area contributed by atoms with E-state index in [1.807, 2.05) is 29.6 Å². The van der Waals surface area contributed by atoms with Gasteiger partial charge in [-0.25, -0.2) is 4.98 Å². The third-order valence-electron chi connectivity index (χ3n) is 4.87. The smallest absolute Gasteiger partial charge is 0.276 e. The first-order valence-corrected chi connectivity index (χ1v) is 11.5. The lowest BCUT2D eigenvalue weighted by Gasteiger charge is -2.10. The van der Waals surface area contributed by atoms with Crippen LogP contribution in [0.2, 0.25) is 0 Å². The van der Waals surface area contributed by atoms with Gasteiger partial charge in [0.15, 0.2) is 6.61 Å². The molecule has 174 valence electrons. The molecule has 0 fully saturated rings. The number of nitrogens with one attached hydrogen (secondary N) is 2. The molecule has 1 heterocycles. The molecule has 8 nitrogen and oxygen atoms in total. The monoisotopic (exact) mass is 484 g/mol. The van der Waals surface area contributed by atoms with Crippen LogP contribution in [0.1, 0.15) is 21.6 Å². The lowest BCUT2D eigenvalue weighted by molar-refractivity contribution is -0.123. The number of thiazole rings is 1.